The monoisotopic (exact) mass is 461 g/mol. The van der Waals surface area contributed by atoms with Gasteiger partial charge >= 0.3 is 0 Å². The zero-order valence-corrected chi connectivity index (χ0v) is 19.7. The van der Waals surface area contributed by atoms with Crippen LogP contribution in [0.2, 0.25) is 0 Å². The van der Waals surface area contributed by atoms with Crippen molar-refractivity contribution in [1.82, 2.24) is 14.5 Å². The molecule has 174 valence electrons. The van der Waals surface area contributed by atoms with E-state index >= 15 is 0 Å². The third-order valence-corrected chi connectivity index (χ3v) is 7.42. The maximum atomic E-state index is 12.9. The fraction of sp³-hybridized carbons (Fsp3) is 0.435. The van der Waals surface area contributed by atoms with Crippen molar-refractivity contribution in [3.05, 3.63) is 53.6 Å². The maximum absolute atomic E-state index is 12.9. The second-order valence-electron chi connectivity index (χ2n) is 7.81. The smallest absolute Gasteiger partial charge is 0.243 e. The summed E-state index contributed by atoms with van der Waals surface area (Å²) >= 11 is 0. The quantitative estimate of drug-likeness (QED) is 0.584. The molecule has 1 N–H and O–H groups in total. The average Bonchev–Trinajstić information content (AvgIpc) is 3.31. The van der Waals surface area contributed by atoms with Crippen LogP contribution < -0.4 is 14.8 Å². The van der Waals surface area contributed by atoms with Gasteiger partial charge in [-0.05, 0) is 49.2 Å². The van der Waals surface area contributed by atoms with Crippen LogP contribution in [0.25, 0.3) is 0 Å². The van der Waals surface area contributed by atoms with Crippen LogP contribution >= 0.6 is 0 Å². The molecule has 0 atom stereocenters. The standard InChI is InChI=1S/C23H31N3O5S/c1-25(32(28,29)20-10-11-21(30-2)22(14-20)31-3)17-23(27)24-15-18-8-4-5-9-19(18)16-26-12-6-7-13-26/h4-5,8-11,14H,6-7,12-13,15-17H2,1-3H3,(H,24,27). The Bertz CT molecular complexity index is 1040. The minimum absolute atomic E-state index is 0.0291. The Labute approximate surface area is 190 Å². The van der Waals surface area contributed by atoms with E-state index in [4.69, 9.17) is 9.47 Å². The molecule has 1 saturated heterocycles. The molecule has 0 aliphatic carbocycles. The molecule has 3 rings (SSSR count). The molecule has 1 aliphatic heterocycles. The van der Waals surface area contributed by atoms with Crippen molar-refractivity contribution in [1.29, 1.82) is 0 Å². The lowest BCUT2D eigenvalue weighted by atomic mass is 10.1. The number of methoxy groups -OCH3 is 2. The molecule has 0 radical (unpaired) electrons. The Morgan fingerprint density at radius 3 is 2.34 bits per heavy atom. The Kier molecular flexibility index (Phi) is 8.11. The van der Waals surface area contributed by atoms with Crippen LogP contribution in [0.15, 0.2) is 47.4 Å². The molecule has 0 bridgehead atoms. The summed E-state index contributed by atoms with van der Waals surface area (Å²) in [6.07, 6.45) is 2.44. The van der Waals surface area contributed by atoms with Gasteiger partial charge in [-0.1, -0.05) is 24.3 Å². The Morgan fingerprint density at radius 2 is 1.69 bits per heavy atom. The minimum atomic E-state index is -3.87. The van der Waals surface area contributed by atoms with Crippen molar-refractivity contribution in [2.24, 2.45) is 0 Å². The first-order valence-corrected chi connectivity index (χ1v) is 12.0. The highest BCUT2D eigenvalue weighted by atomic mass is 32.2. The molecule has 0 aromatic heterocycles. The molecule has 2 aromatic carbocycles. The summed E-state index contributed by atoms with van der Waals surface area (Å²) in [5, 5.41) is 2.85. The van der Waals surface area contributed by atoms with E-state index < -0.39 is 10.0 Å². The molecule has 1 amide bonds. The normalized spacial score (nSPS) is 14.5. The highest BCUT2D eigenvalue weighted by Gasteiger charge is 2.24. The first-order chi connectivity index (χ1) is 15.3. The van der Waals surface area contributed by atoms with Gasteiger partial charge < -0.3 is 14.8 Å². The van der Waals surface area contributed by atoms with E-state index in [9.17, 15) is 13.2 Å². The number of amides is 1. The van der Waals surface area contributed by atoms with E-state index in [2.05, 4.69) is 16.3 Å². The van der Waals surface area contributed by atoms with Crippen LogP contribution in [0.1, 0.15) is 24.0 Å². The highest BCUT2D eigenvalue weighted by Crippen LogP contribution is 2.30. The number of benzene rings is 2. The number of nitrogens with zero attached hydrogens (tertiary/aromatic N) is 2. The van der Waals surface area contributed by atoms with E-state index in [1.807, 2.05) is 18.2 Å². The van der Waals surface area contributed by atoms with Crippen LogP contribution in [0, 0.1) is 0 Å². The summed E-state index contributed by atoms with van der Waals surface area (Å²) in [6, 6.07) is 12.4. The molecular formula is C23H31N3O5S. The number of nitrogens with one attached hydrogen (secondary N) is 1. The van der Waals surface area contributed by atoms with Crippen molar-refractivity contribution >= 4 is 15.9 Å². The van der Waals surface area contributed by atoms with Crippen LogP contribution in [-0.2, 0) is 27.9 Å². The first kappa shape index (κ1) is 24.0. The molecule has 1 heterocycles. The lowest BCUT2D eigenvalue weighted by Crippen LogP contribution is -2.38. The second-order valence-corrected chi connectivity index (χ2v) is 9.85. The van der Waals surface area contributed by atoms with Gasteiger partial charge in [-0.3, -0.25) is 9.69 Å². The number of likely N-dealkylation sites (N-methyl/N-ethyl adjacent to an activating group) is 1. The van der Waals surface area contributed by atoms with Gasteiger partial charge in [0.05, 0.1) is 25.7 Å². The highest BCUT2D eigenvalue weighted by molar-refractivity contribution is 7.89. The molecule has 0 spiro atoms. The van der Waals surface area contributed by atoms with Crippen LogP contribution in [-0.4, -0.2) is 64.4 Å². The summed E-state index contributed by atoms with van der Waals surface area (Å²) < 4.78 is 37.2. The van der Waals surface area contributed by atoms with Gasteiger partial charge in [0.1, 0.15) is 0 Å². The zero-order chi connectivity index (χ0) is 23.1. The SMILES string of the molecule is COc1ccc(S(=O)(=O)N(C)CC(=O)NCc2ccccc2CN2CCCC2)cc1OC. The largest absolute Gasteiger partial charge is 0.493 e. The first-order valence-electron chi connectivity index (χ1n) is 10.6. The summed E-state index contributed by atoms with van der Waals surface area (Å²) in [7, 11) is 0.429. The number of ether oxygens (including phenoxy) is 2. The topological polar surface area (TPSA) is 88.2 Å². The molecule has 0 unspecified atom stereocenters. The molecule has 0 saturated carbocycles. The molecule has 9 heteroatoms. The lowest BCUT2D eigenvalue weighted by Gasteiger charge is -2.19. The molecular weight excluding hydrogens is 430 g/mol. The Morgan fingerprint density at radius 1 is 1.03 bits per heavy atom. The van der Waals surface area contributed by atoms with E-state index in [0.29, 0.717) is 18.0 Å². The number of rotatable bonds is 10. The maximum Gasteiger partial charge on any atom is 0.243 e. The predicted octanol–water partition coefficient (Wildman–Crippen LogP) is 2.24. The molecule has 1 fully saturated rings. The summed E-state index contributed by atoms with van der Waals surface area (Å²) in [6.45, 7) is 3.12. The van der Waals surface area contributed by atoms with E-state index in [1.165, 1.54) is 57.9 Å². The van der Waals surface area contributed by atoms with Gasteiger partial charge in [0.15, 0.2) is 11.5 Å². The Hall–Kier alpha value is -2.62. The van der Waals surface area contributed by atoms with Gasteiger partial charge in [-0.25, -0.2) is 8.42 Å². The molecule has 32 heavy (non-hydrogen) atoms. The van der Waals surface area contributed by atoms with E-state index in [0.717, 1.165) is 29.5 Å². The van der Waals surface area contributed by atoms with Crippen molar-refractivity contribution < 1.29 is 22.7 Å². The predicted molar refractivity (Wildman–Crippen MR) is 122 cm³/mol. The van der Waals surface area contributed by atoms with Gasteiger partial charge in [0.25, 0.3) is 0 Å². The van der Waals surface area contributed by atoms with E-state index in [-0.39, 0.29) is 17.3 Å². The molecule has 2 aromatic rings. The summed E-state index contributed by atoms with van der Waals surface area (Å²) in [5.74, 6) is 0.369. The fourth-order valence-electron chi connectivity index (χ4n) is 3.76. The van der Waals surface area contributed by atoms with Crippen molar-refractivity contribution in [3.8, 4) is 11.5 Å². The number of carbonyl (C=O) groups is 1. The Balaban J connectivity index is 1.61. The fourth-order valence-corrected chi connectivity index (χ4v) is 4.90. The summed E-state index contributed by atoms with van der Waals surface area (Å²) in [4.78, 5) is 14.9. The number of hydrogen-bond donors (Lipinski definition) is 1. The zero-order valence-electron chi connectivity index (χ0n) is 18.8. The second kappa shape index (κ2) is 10.8. The number of sulfonamides is 1. The summed E-state index contributed by atoms with van der Waals surface area (Å²) in [5.41, 5.74) is 2.22. The number of hydrogen-bond acceptors (Lipinski definition) is 6. The lowest BCUT2D eigenvalue weighted by molar-refractivity contribution is -0.121. The third-order valence-electron chi connectivity index (χ3n) is 5.62. The molecule has 1 aliphatic rings. The average molecular weight is 462 g/mol. The molecule has 8 nitrogen and oxygen atoms in total. The van der Waals surface area contributed by atoms with E-state index in [1.54, 1.807) is 0 Å². The van der Waals surface area contributed by atoms with Gasteiger partial charge in [0, 0.05) is 26.2 Å². The van der Waals surface area contributed by atoms with Crippen LogP contribution in [0.4, 0.5) is 0 Å². The van der Waals surface area contributed by atoms with Gasteiger partial charge in [-0.2, -0.15) is 4.31 Å². The van der Waals surface area contributed by atoms with Crippen LogP contribution in [0.3, 0.4) is 0 Å². The van der Waals surface area contributed by atoms with Gasteiger partial charge in [0.2, 0.25) is 15.9 Å². The minimum Gasteiger partial charge on any atom is -0.493 e. The van der Waals surface area contributed by atoms with Crippen molar-refractivity contribution in [2.45, 2.75) is 30.8 Å². The van der Waals surface area contributed by atoms with Gasteiger partial charge in [-0.15, -0.1) is 0 Å². The number of carbonyl (C=O) groups excluding carboxylic acids is 1. The number of likely N-dealkylation sites (tertiary alicyclic amines) is 1. The van der Waals surface area contributed by atoms with Crippen molar-refractivity contribution in [3.63, 3.8) is 0 Å². The van der Waals surface area contributed by atoms with Crippen molar-refractivity contribution in [2.75, 3.05) is 40.9 Å². The third kappa shape index (κ3) is 5.79. The van der Waals surface area contributed by atoms with Crippen LogP contribution in [0.5, 0.6) is 11.5 Å².